The van der Waals surface area contributed by atoms with Crippen LogP contribution < -0.4 is 4.74 Å². The normalized spacial score (nSPS) is 21.9. The highest BCUT2D eigenvalue weighted by Crippen LogP contribution is 2.38. The molecule has 1 unspecified atom stereocenters. The first kappa shape index (κ1) is 25.1. The summed E-state index contributed by atoms with van der Waals surface area (Å²) in [5, 5.41) is 8.73. The van der Waals surface area contributed by atoms with Gasteiger partial charge in [-0.05, 0) is 106 Å². The lowest BCUT2D eigenvalue weighted by Crippen LogP contribution is -2.48. The van der Waals surface area contributed by atoms with E-state index in [1.165, 1.54) is 48.9 Å². The minimum atomic E-state index is 0.297. The average Bonchev–Trinajstić information content (AvgIpc) is 3.53. The molecule has 0 saturated carbocycles. The number of hydrogen-bond acceptors (Lipinski definition) is 5. The van der Waals surface area contributed by atoms with E-state index in [-0.39, 0.29) is 0 Å². The summed E-state index contributed by atoms with van der Waals surface area (Å²) in [6.07, 6.45) is 9.40. The van der Waals surface area contributed by atoms with Gasteiger partial charge in [-0.2, -0.15) is 5.10 Å². The lowest BCUT2D eigenvalue weighted by atomic mass is 9.89. The van der Waals surface area contributed by atoms with Crippen LogP contribution in [0.15, 0.2) is 54.7 Å². The first-order valence-electron chi connectivity index (χ1n) is 14.0. The van der Waals surface area contributed by atoms with Crippen LogP contribution in [0.1, 0.15) is 50.7 Å². The Labute approximate surface area is 225 Å². The van der Waals surface area contributed by atoms with Gasteiger partial charge in [0, 0.05) is 41.4 Å². The zero-order valence-electron chi connectivity index (χ0n) is 22.8. The standard InChI is InChI=1S/C32H38N4O2/c1-22-5-4-16-36(22)32(2)14-12-23-6-7-25(19-26(23)13-15-32)27-20-29-30(34-35-31(29)33-21-27)24-8-10-28(11-9-24)38-18-17-37-3/h6-11,19-22H,4-5,12-18H2,1-3H3,(H,33,34,35)/t22-,32?/m1/s1. The molecular weight excluding hydrogens is 472 g/mol. The van der Waals surface area contributed by atoms with E-state index in [4.69, 9.17) is 14.5 Å². The number of methoxy groups -OCH3 is 1. The van der Waals surface area contributed by atoms with Crippen LogP contribution in [0.2, 0.25) is 0 Å². The molecule has 2 aromatic carbocycles. The second-order valence-electron chi connectivity index (χ2n) is 11.2. The molecule has 0 radical (unpaired) electrons. The molecule has 198 valence electrons. The zero-order valence-corrected chi connectivity index (χ0v) is 22.8. The van der Waals surface area contributed by atoms with Gasteiger partial charge in [0.1, 0.15) is 18.1 Å². The van der Waals surface area contributed by atoms with Gasteiger partial charge in [-0.3, -0.25) is 10.00 Å². The van der Waals surface area contributed by atoms with E-state index in [0.717, 1.165) is 46.4 Å². The lowest BCUT2D eigenvalue weighted by Gasteiger charge is -2.41. The van der Waals surface area contributed by atoms with Crippen LogP contribution in [0.4, 0.5) is 0 Å². The van der Waals surface area contributed by atoms with Gasteiger partial charge in [-0.25, -0.2) is 4.98 Å². The number of nitrogens with zero attached hydrogens (tertiary/aromatic N) is 3. The van der Waals surface area contributed by atoms with Crippen LogP contribution in [0.5, 0.6) is 5.75 Å². The summed E-state index contributed by atoms with van der Waals surface area (Å²) in [6, 6.07) is 18.0. The van der Waals surface area contributed by atoms with Crippen LogP contribution in [-0.2, 0) is 17.6 Å². The van der Waals surface area contributed by atoms with Crippen molar-refractivity contribution in [3.05, 3.63) is 65.9 Å². The molecule has 3 heterocycles. The summed E-state index contributed by atoms with van der Waals surface area (Å²) in [6.45, 7) is 7.26. The molecule has 0 bridgehead atoms. The fraction of sp³-hybridized carbons (Fsp3) is 0.438. The van der Waals surface area contributed by atoms with Crippen LogP contribution >= 0.6 is 0 Å². The third-order valence-corrected chi connectivity index (χ3v) is 8.75. The summed E-state index contributed by atoms with van der Waals surface area (Å²) in [5.74, 6) is 0.824. The SMILES string of the molecule is COCCOc1ccc(-c2n[nH]c3ncc(-c4ccc5c(c4)CCC(C)(N4CCC[C@H]4C)CC5)cc23)cc1. The Morgan fingerprint density at radius 1 is 0.974 bits per heavy atom. The number of H-pyrrole nitrogens is 1. The zero-order chi connectivity index (χ0) is 26.1. The highest BCUT2D eigenvalue weighted by molar-refractivity contribution is 5.93. The number of aryl methyl sites for hydroxylation is 2. The van der Waals surface area contributed by atoms with Crippen molar-refractivity contribution in [3.63, 3.8) is 0 Å². The number of nitrogens with one attached hydrogen (secondary N) is 1. The minimum absolute atomic E-state index is 0.297. The number of ether oxygens (including phenoxy) is 2. The minimum Gasteiger partial charge on any atom is -0.491 e. The van der Waals surface area contributed by atoms with Crippen molar-refractivity contribution in [2.45, 2.75) is 64.0 Å². The van der Waals surface area contributed by atoms with Crippen molar-refractivity contribution < 1.29 is 9.47 Å². The van der Waals surface area contributed by atoms with Gasteiger partial charge in [0.05, 0.1) is 6.61 Å². The van der Waals surface area contributed by atoms with Gasteiger partial charge in [-0.15, -0.1) is 0 Å². The Hall–Kier alpha value is -3.22. The van der Waals surface area contributed by atoms with E-state index < -0.39 is 0 Å². The van der Waals surface area contributed by atoms with Gasteiger partial charge in [0.25, 0.3) is 0 Å². The van der Waals surface area contributed by atoms with E-state index in [1.807, 2.05) is 30.5 Å². The molecule has 6 nitrogen and oxygen atoms in total. The Bertz CT molecular complexity index is 1410. The second kappa shape index (κ2) is 10.5. The Balaban J connectivity index is 1.25. The van der Waals surface area contributed by atoms with Gasteiger partial charge >= 0.3 is 0 Å². The maximum absolute atomic E-state index is 5.72. The number of fused-ring (bicyclic) bond motifs is 2. The van der Waals surface area contributed by atoms with E-state index >= 15 is 0 Å². The van der Waals surface area contributed by atoms with Gasteiger partial charge in [-0.1, -0.05) is 18.2 Å². The second-order valence-corrected chi connectivity index (χ2v) is 11.2. The van der Waals surface area contributed by atoms with Crippen LogP contribution in [-0.4, -0.2) is 58.5 Å². The molecule has 0 amide bonds. The molecular formula is C32H38N4O2. The van der Waals surface area contributed by atoms with E-state index in [1.54, 1.807) is 7.11 Å². The van der Waals surface area contributed by atoms with E-state index in [0.29, 0.717) is 24.8 Å². The monoisotopic (exact) mass is 510 g/mol. The molecule has 6 heteroatoms. The largest absolute Gasteiger partial charge is 0.491 e. The molecule has 1 saturated heterocycles. The van der Waals surface area contributed by atoms with Crippen LogP contribution in [0, 0.1) is 0 Å². The molecule has 0 spiro atoms. The predicted octanol–water partition coefficient (Wildman–Crippen LogP) is 6.44. The fourth-order valence-corrected chi connectivity index (χ4v) is 6.47. The molecule has 4 aromatic rings. The summed E-state index contributed by atoms with van der Waals surface area (Å²) in [4.78, 5) is 7.51. The Morgan fingerprint density at radius 2 is 1.76 bits per heavy atom. The molecule has 2 aromatic heterocycles. The topological polar surface area (TPSA) is 63.3 Å². The Morgan fingerprint density at radius 3 is 2.53 bits per heavy atom. The number of aromatic amines is 1. The van der Waals surface area contributed by atoms with Crippen LogP contribution in [0.25, 0.3) is 33.4 Å². The smallest absolute Gasteiger partial charge is 0.155 e. The number of likely N-dealkylation sites (tertiary alicyclic amines) is 1. The lowest BCUT2D eigenvalue weighted by molar-refractivity contribution is 0.0821. The number of pyridine rings is 1. The van der Waals surface area contributed by atoms with Gasteiger partial charge in [0.2, 0.25) is 0 Å². The first-order valence-corrected chi connectivity index (χ1v) is 14.0. The number of hydrogen-bond donors (Lipinski definition) is 1. The van der Waals surface area contributed by atoms with E-state index in [2.05, 4.69) is 53.2 Å². The molecule has 1 aliphatic heterocycles. The first-order chi connectivity index (χ1) is 18.5. The Kier molecular flexibility index (Phi) is 6.93. The van der Waals surface area contributed by atoms with Gasteiger partial charge in [0.15, 0.2) is 5.65 Å². The number of aromatic nitrogens is 3. The maximum Gasteiger partial charge on any atom is 0.155 e. The van der Waals surface area contributed by atoms with Crippen molar-refractivity contribution in [2.75, 3.05) is 26.9 Å². The molecule has 2 atom stereocenters. The fourth-order valence-electron chi connectivity index (χ4n) is 6.47. The van der Waals surface area contributed by atoms with Crippen molar-refractivity contribution >= 4 is 11.0 Å². The molecule has 2 aliphatic rings. The third-order valence-electron chi connectivity index (χ3n) is 8.75. The highest BCUT2D eigenvalue weighted by Gasteiger charge is 2.38. The van der Waals surface area contributed by atoms with Crippen molar-refractivity contribution in [1.82, 2.24) is 20.1 Å². The molecule has 1 N–H and O–H groups in total. The summed E-state index contributed by atoms with van der Waals surface area (Å²) >= 11 is 0. The summed E-state index contributed by atoms with van der Waals surface area (Å²) < 4.78 is 10.8. The third kappa shape index (κ3) is 4.83. The average molecular weight is 511 g/mol. The van der Waals surface area contributed by atoms with Gasteiger partial charge < -0.3 is 9.47 Å². The van der Waals surface area contributed by atoms with Crippen molar-refractivity contribution in [2.24, 2.45) is 0 Å². The highest BCUT2D eigenvalue weighted by atomic mass is 16.5. The maximum atomic E-state index is 5.72. The van der Waals surface area contributed by atoms with Crippen molar-refractivity contribution in [1.29, 1.82) is 0 Å². The molecule has 38 heavy (non-hydrogen) atoms. The number of rotatable bonds is 7. The summed E-state index contributed by atoms with van der Waals surface area (Å²) in [5.41, 5.74) is 8.40. The predicted molar refractivity (Wildman–Crippen MR) is 153 cm³/mol. The number of benzene rings is 2. The molecule has 1 aliphatic carbocycles. The summed E-state index contributed by atoms with van der Waals surface area (Å²) in [7, 11) is 1.68. The quantitative estimate of drug-likeness (QED) is 0.229. The van der Waals surface area contributed by atoms with Crippen molar-refractivity contribution in [3.8, 4) is 28.1 Å². The molecule has 6 rings (SSSR count). The van der Waals surface area contributed by atoms with Crippen LogP contribution in [0.3, 0.4) is 0 Å². The van der Waals surface area contributed by atoms with E-state index in [9.17, 15) is 0 Å². The molecule has 1 fully saturated rings.